The molecule has 0 bridgehead atoms. The summed E-state index contributed by atoms with van der Waals surface area (Å²) in [6, 6.07) is 9.90. The van der Waals surface area contributed by atoms with Gasteiger partial charge in [0.2, 0.25) is 0 Å². The first-order chi connectivity index (χ1) is 12.1. The SMILES string of the molecule is CCNC(=NCC(O)COc1ccc(F)cc1)NC(C)c1cccs1.I. The highest BCUT2D eigenvalue weighted by Gasteiger charge is 2.10. The number of rotatable bonds is 8. The molecule has 1 heterocycles. The van der Waals surface area contributed by atoms with Crippen LogP contribution in [0.25, 0.3) is 0 Å². The second-order valence-corrected chi connectivity index (χ2v) is 6.50. The van der Waals surface area contributed by atoms with Gasteiger partial charge in [-0.2, -0.15) is 0 Å². The molecule has 0 aliphatic carbocycles. The number of guanidine groups is 1. The van der Waals surface area contributed by atoms with Crippen molar-refractivity contribution in [3.05, 3.63) is 52.5 Å². The van der Waals surface area contributed by atoms with Gasteiger partial charge in [0, 0.05) is 11.4 Å². The Labute approximate surface area is 174 Å². The molecule has 26 heavy (non-hydrogen) atoms. The van der Waals surface area contributed by atoms with Gasteiger partial charge in [0.1, 0.15) is 24.3 Å². The van der Waals surface area contributed by atoms with Crippen molar-refractivity contribution in [1.29, 1.82) is 0 Å². The molecule has 2 aromatic rings. The molecule has 0 fully saturated rings. The largest absolute Gasteiger partial charge is 0.491 e. The molecule has 1 aromatic heterocycles. The van der Waals surface area contributed by atoms with Crippen LogP contribution < -0.4 is 15.4 Å². The Morgan fingerprint density at radius 3 is 2.65 bits per heavy atom. The summed E-state index contributed by atoms with van der Waals surface area (Å²) >= 11 is 1.68. The van der Waals surface area contributed by atoms with Crippen molar-refractivity contribution in [2.75, 3.05) is 19.7 Å². The summed E-state index contributed by atoms with van der Waals surface area (Å²) in [5, 5.41) is 18.5. The maximum atomic E-state index is 12.8. The number of aliphatic hydroxyl groups excluding tert-OH is 1. The summed E-state index contributed by atoms with van der Waals surface area (Å²) in [5.74, 6) is 0.837. The Hall–Kier alpha value is -1.39. The molecular formula is C18H25FIN3O2S. The average molecular weight is 493 g/mol. The van der Waals surface area contributed by atoms with Crippen molar-refractivity contribution >= 4 is 41.3 Å². The minimum atomic E-state index is -0.752. The highest BCUT2D eigenvalue weighted by Crippen LogP contribution is 2.17. The van der Waals surface area contributed by atoms with Crippen LogP contribution in [0.1, 0.15) is 24.8 Å². The van der Waals surface area contributed by atoms with Crippen LogP contribution in [-0.2, 0) is 0 Å². The average Bonchev–Trinajstić information content (AvgIpc) is 3.14. The van der Waals surface area contributed by atoms with Crippen molar-refractivity contribution in [3.8, 4) is 5.75 Å². The molecule has 144 valence electrons. The van der Waals surface area contributed by atoms with Gasteiger partial charge < -0.3 is 20.5 Å². The summed E-state index contributed by atoms with van der Waals surface area (Å²) in [7, 11) is 0. The third-order valence-electron chi connectivity index (χ3n) is 3.38. The van der Waals surface area contributed by atoms with Crippen molar-refractivity contribution in [3.63, 3.8) is 0 Å². The van der Waals surface area contributed by atoms with E-state index < -0.39 is 6.10 Å². The first kappa shape index (κ1) is 22.7. The topological polar surface area (TPSA) is 65.9 Å². The molecule has 0 spiro atoms. The molecule has 1 aromatic carbocycles. The third kappa shape index (κ3) is 7.88. The number of thiophene rings is 1. The van der Waals surface area contributed by atoms with Gasteiger partial charge in [0.25, 0.3) is 0 Å². The van der Waals surface area contributed by atoms with E-state index in [1.54, 1.807) is 11.3 Å². The zero-order valence-corrected chi connectivity index (χ0v) is 18.0. The lowest BCUT2D eigenvalue weighted by Gasteiger charge is -2.17. The van der Waals surface area contributed by atoms with Crippen LogP contribution in [0.2, 0.25) is 0 Å². The van der Waals surface area contributed by atoms with Crippen LogP contribution in [0.4, 0.5) is 4.39 Å². The lowest BCUT2D eigenvalue weighted by molar-refractivity contribution is 0.114. The number of benzene rings is 1. The van der Waals surface area contributed by atoms with Gasteiger partial charge in [-0.3, -0.25) is 4.99 Å². The Bertz CT molecular complexity index is 653. The first-order valence-corrected chi connectivity index (χ1v) is 9.11. The number of nitrogens with zero attached hydrogens (tertiary/aromatic N) is 1. The molecule has 0 amide bonds. The fraction of sp³-hybridized carbons (Fsp3) is 0.389. The Kier molecular flexibility index (Phi) is 10.5. The lowest BCUT2D eigenvalue weighted by Crippen LogP contribution is -2.39. The fourth-order valence-electron chi connectivity index (χ4n) is 2.11. The van der Waals surface area contributed by atoms with E-state index in [0.29, 0.717) is 11.7 Å². The molecule has 8 heteroatoms. The van der Waals surface area contributed by atoms with E-state index in [4.69, 9.17) is 4.74 Å². The monoisotopic (exact) mass is 493 g/mol. The van der Waals surface area contributed by atoms with E-state index >= 15 is 0 Å². The van der Waals surface area contributed by atoms with Crippen LogP contribution in [-0.4, -0.2) is 36.9 Å². The minimum Gasteiger partial charge on any atom is -0.491 e. The molecule has 0 radical (unpaired) electrons. The summed E-state index contributed by atoms with van der Waals surface area (Å²) in [6.45, 7) is 5.07. The summed E-state index contributed by atoms with van der Waals surface area (Å²) in [6.07, 6.45) is -0.752. The van der Waals surface area contributed by atoms with Crippen molar-refractivity contribution < 1.29 is 14.2 Å². The third-order valence-corrected chi connectivity index (χ3v) is 4.44. The van der Waals surface area contributed by atoms with Crippen molar-refractivity contribution in [1.82, 2.24) is 10.6 Å². The molecule has 0 aliphatic heterocycles. The summed E-state index contributed by atoms with van der Waals surface area (Å²) < 4.78 is 18.3. The van der Waals surface area contributed by atoms with E-state index in [9.17, 15) is 9.50 Å². The highest BCUT2D eigenvalue weighted by molar-refractivity contribution is 14.0. The summed E-state index contributed by atoms with van der Waals surface area (Å²) in [5.41, 5.74) is 0. The normalized spacial score (nSPS) is 13.5. The van der Waals surface area contributed by atoms with Crippen molar-refractivity contribution in [2.45, 2.75) is 26.0 Å². The first-order valence-electron chi connectivity index (χ1n) is 8.23. The van der Waals surface area contributed by atoms with Gasteiger partial charge in [-0.15, -0.1) is 35.3 Å². The van der Waals surface area contributed by atoms with Gasteiger partial charge in [0.15, 0.2) is 5.96 Å². The predicted molar refractivity (Wildman–Crippen MR) is 115 cm³/mol. The molecule has 0 saturated heterocycles. The number of ether oxygens (including phenoxy) is 1. The smallest absolute Gasteiger partial charge is 0.191 e. The number of hydrogen-bond acceptors (Lipinski definition) is 4. The number of halogens is 2. The molecular weight excluding hydrogens is 468 g/mol. The van der Waals surface area contributed by atoms with Crippen LogP contribution in [0.15, 0.2) is 46.8 Å². The molecule has 2 rings (SSSR count). The van der Waals surface area contributed by atoms with Crippen LogP contribution in [0.3, 0.4) is 0 Å². The Morgan fingerprint density at radius 2 is 2.04 bits per heavy atom. The molecule has 5 nitrogen and oxygen atoms in total. The van der Waals surface area contributed by atoms with Gasteiger partial charge in [-0.1, -0.05) is 6.07 Å². The zero-order valence-electron chi connectivity index (χ0n) is 14.8. The molecule has 0 saturated carbocycles. The number of nitrogens with one attached hydrogen (secondary N) is 2. The quantitative estimate of drug-likeness (QED) is 0.299. The second kappa shape index (κ2) is 12.1. The number of aliphatic hydroxyl groups is 1. The molecule has 3 N–H and O–H groups in total. The van der Waals surface area contributed by atoms with Gasteiger partial charge in [-0.05, 0) is 49.6 Å². The van der Waals surface area contributed by atoms with Crippen molar-refractivity contribution in [2.24, 2.45) is 4.99 Å². The van der Waals surface area contributed by atoms with Gasteiger partial charge >= 0.3 is 0 Å². The Balaban J connectivity index is 0.00000338. The van der Waals surface area contributed by atoms with Crippen LogP contribution >= 0.6 is 35.3 Å². The second-order valence-electron chi connectivity index (χ2n) is 5.52. The van der Waals surface area contributed by atoms with Gasteiger partial charge in [-0.25, -0.2) is 4.39 Å². The maximum Gasteiger partial charge on any atom is 0.191 e. The molecule has 2 unspecified atom stereocenters. The van der Waals surface area contributed by atoms with Crippen LogP contribution in [0, 0.1) is 5.82 Å². The highest BCUT2D eigenvalue weighted by atomic mass is 127. The van der Waals surface area contributed by atoms with E-state index in [2.05, 4.69) is 28.6 Å². The number of aliphatic imine (C=N–C) groups is 1. The number of hydrogen-bond donors (Lipinski definition) is 3. The fourth-order valence-corrected chi connectivity index (χ4v) is 2.84. The van der Waals surface area contributed by atoms with Crippen LogP contribution in [0.5, 0.6) is 5.75 Å². The Morgan fingerprint density at radius 1 is 1.31 bits per heavy atom. The van der Waals surface area contributed by atoms with E-state index in [1.807, 2.05) is 18.4 Å². The van der Waals surface area contributed by atoms with E-state index in [-0.39, 0.29) is 49.0 Å². The van der Waals surface area contributed by atoms with E-state index in [1.165, 1.54) is 29.1 Å². The van der Waals surface area contributed by atoms with Gasteiger partial charge in [0.05, 0.1) is 12.6 Å². The van der Waals surface area contributed by atoms with E-state index in [0.717, 1.165) is 6.54 Å². The zero-order chi connectivity index (χ0) is 18.1. The summed E-state index contributed by atoms with van der Waals surface area (Å²) in [4.78, 5) is 5.61. The standard InChI is InChI=1S/C18H24FN3O2S.HI/c1-3-20-18(22-13(2)17-5-4-10-25-17)21-11-15(23)12-24-16-8-6-14(19)7-9-16;/h4-10,13,15,23H,3,11-12H2,1-2H3,(H2,20,21,22);1H. The lowest BCUT2D eigenvalue weighted by atomic mass is 10.3. The maximum absolute atomic E-state index is 12.8. The molecule has 0 aliphatic rings. The minimum absolute atomic E-state index is 0. The molecule has 2 atom stereocenters. The predicted octanol–water partition coefficient (Wildman–Crippen LogP) is 3.56.